The van der Waals surface area contributed by atoms with Crippen LogP contribution in [0.2, 0.25) is 0 Å². The normalized spacial score (nSPS) is 11.2. The molecule has 3 nitrogen and oxygen atoms in total. The van der Waals surface area contributed by atoms with Crippen molar-refractivity contribution in [3.8, 4) is 11.5 Å². The van der Waals surface area contributed by atoms with Crippen LogP contribution in [-0.4, -0.2) is 19.3 Å². The molecule has 0 spiro atoms. The number of hydrogen-bond acceptors (Lipinski definition) is 3. The number of benzene rings is 1. The summed E-state index contributed by atoms with van der Waals surface area (Å²) in [6, 6.07) is 7.66. The van der Waals surface area contributed by atoms with Gasteiger partial charge in [-0.2, -0.15) is 0 Å². The lowest BCUT2D eigenvalue weighted by molar-refractivity contribution is 0.0659. The first-order valence-corrected chi connectivity index (χ1v) is 5.73. The monoisotopic (exact) mass is 223 g/mol. The standard InChI is InChI=1S/C13H21NO2/c1-4-13(5-2,10-14)16-12-9-7-6-8-11(12)15-3/h6-9H,4-5,10,14H2,1-3H3. The molecule has 16 heavy (non-hydrogen) atoms. The molecule has 1 rings (SSSR count). The summed E-state index contributed by atoms with van der Waals surface area (Å²) >= 11 is 0. The topological polar surface area (TPSA) is 44.5 Å². The first-order chi connectivity index (χ1) is 7.71. The van der Waals surface area contributed by atoms with Crippen molar-refractivity contribution in [3.05, 3.63) is 24.3 Å². The Morgan fingerprint density at radius 1 is 1.12 bits per heavy atom. The molecule has 0 aliphatic rings. The fourth-order valence-electron chi connectivity index (χ4n) is 1.66. The molecule has 0 amide bonds. The van der Waals surface area contributed by atoms with Gasteiger partial charge in [0, 0.05) is 6.54 Å². The summed E-state index contributed by atoms with van der Waals surface area (Å²) in [5.74, 6) is 1.52. The van der Waals surface area contributed by atoms with Gasteiger partial charge in [0.05, 0.1) is 7.11 Å². The maximum Gasteiger partial charge on any atom is 0.162 e. The Morgan fingerprint density at radius 3 is 2.12 bits per heavy atom. The first kappa shape index (κ1) is 12.8. The Labute approximate surface area is 97.6 Å². The smallest absolute Gasteiger partial charge is 0.162 e. The molecular weight excluding hydrogens is 202 g/mol. The predicted octanol–water partition coefficient (Wildman–Crippen LogP) is 2.59. The molecular formula is C13H21NO2. The molecule has 2 N–H and O–H groups in total. The largest absolute Gasteiger partial charge is 0.493 e. The molecule has 0 aromatic heterocycles. The van der Waals surface area contributed by atoms with Crippen LogP contribution in [0.3, 0.4) is 0 Å². The highest BCUT2D eigenvalue weighted by Gasteiger charge is 2.27. The number of nitrogens with two attached hydrogens (primary N) is 1. The van der Waals surface area contributed by atoms with E-state index < -0.39 is 0 Å². The average molecular weight is 223 g/mol. The molecule has 0 heterocycles. The second-order valence-corrected chi connectivity index (χ2v) is 3.85. The minimum absolute atomic E-state index is 0.283. The first-order valence-electron chi connectivity index (χ1n) is 5.73. The van der Waals surface area contributed by atoms with Gasteiger partial charge in [0.25, 0.3) is 0 Å². The molecule has 0 fully saturated rings. The van der Waals surface area contributed by atoms with Gasteiger partial charge < -0.3 is 15.2 Å². The Hall–Kier alpha value is -1.22. The summed E-state index contributed by atoms with van der Waals surface area (Å²) in [5, 5.41) is 0. The molecule has 0 aliphatic heterocycles. The van der Waals surface area contributed by atoms with Crippen LogP contribution in [0.4, 0.5) is 0 Å². The molecule has 90 valence electrons. The average Bonchev–Trinajstić information content (AvgIpc) is 2.36. The van der Waals surface area contributed by atoms with E-state index in [0.717, 1.165) is 24.3 Å². The van der Waals surface area contributed by atoms with Gasteiger partial charge in [-0.1, -0.05) is 26.0 Å². The lowest BCUT2D eigenvalue weighted by atomic mass is 9.97. The number of rotatable bonds is 6. The van der Waals surface area contributed by atoms with Crippen molar-refractivity contribution in [2.45, 2.75) is 32.3 Å². The molecule has 1 aromatic carbocycles. The minimum atomic E-state index is -0.283. The van der Waals surface area contributed by atoms with Gasteiger partial charge in [-0.15, -0.1) is 0 Å². The number of methoxy groups -OCH3 is 1. The van der Waals surface area contributed by atoms with Gasteiger partial charge in [0.1, 0.15) is 5.60 Å². The molecule has 0 bridgehead atoms. The third-order valence-electron chi connectivity index (χ3n) is 3.06. The van der Waals surface area contributed by atoms with Crippen LogP contribution in [0.15, 0.2) is 24.3 Å². The van der Waals surface area contributed by atoms with E-state index in [9.17, 15) is 0 Å². The van der Waals surface area contributed by atoms with Crippen molar-refractivity contribution < 1.29 is 9.47 Å². The van der Waals surface area contributed by atoms with Gasteiger partial charge >= 0.3 is 0 Å². The van der Waals surface area contributed by atoms with Crippen molar-refractivity contribution in [2.24, 2.45) is 5.73 Å². The summed E-state index contributed by atoms with van der Waals surface area (Å²) in [6.45, 7) is 4.69. The van der Waals surface area contributed by atoms with Crippen molar-refractivity contribution in [2.75, 3.05) is 13.7 Å². The summed E-state index contributed by atoms with van der Waals surface area (Å²) in [5.41, 5.74) is 5.52. The second-order valence-electron chi connectivity index (χ2n) is 3.85. The quantitative estimate of drug-likeness (QED) is 0.806. The van der Waals surface area contributed by atoms with Crippen LogP contribution >= 0.6 is 0 Å². The Bertz CT molecular complexity index is 313. The summed E-state index contributed by atoms with van der Waals surface area (Å²) < 4.78 is 11.3. The fraction of sp³-hybridized carbons (Fsp3) is 0.538. The lowest BCUT2D eigenvalue weighted by Crippen LogP contribution is -2.42. The van der Waals surface area contributed by atoms with Crippen molar-refractivity contribution in [1.29, 1.82) is 0 Å². The van der Waals surface area contributed by atoms with E-state index in [0.29, 0.717) is 6.54 Å². The summed E-state index contributed by atoms with van der Waals surface area (Å²) in [4.78, 5) is 0. The molecule has 3 heteroatoms. The van der Waals surface area contributed by atoms with E-state index >= 15 is 0 Å². The molecule has 1 aromatic rings. The third-order valence-corrected chi connectivity index (χ3v) is 3.06. The van der Waals surface area contributed by atoms with E-state index in [1.54, 1.807) is 7.11 Å². The van der Waals surface area contributed by atoms with E-state index in [1.165, 1.54) is 0 Å². The van der Waals surface area contributed by atoms with Crippen LogP contribution in [0.25, 0.3) is 0 Å². The highest BCUT2D eigenvalue weighted by molar-refractivity contribution is 5.39. The van der Waals surface area contributed by atoms with Gasteiger partial charge in [0.2, 0.25) is 0 Å². The number of ether oxygens (including phenoxy) is 2. The Morgan fingerprint density at radius 2 is 1.69 bits per heavy atom. The molecule has 0 atom stereocenters. The predicted molar refractivity (Wildman–Crippen MR) is 66.0 cm³/mol. The molecule has 0 aliphatic carbocycles. The van der Waals surface area contributed by atoms with Gasteiger partial charge in [-0.05, 0) is 25.0 Å². The van der Waals surface area contributed by atoms with Crippen molar-refractivity contribution in [1.82, 2.24) is 0 Å². The van der Waals surface area contributed by atoms with E-state index in [2.05, 4.69) is 13.8 Å². The van der Waals surface area contributed by atoms with Crippen molar-refractivity contribution in [3.63, 3.8) is 0 Å². The number of hydrogen-bond donors (Lipinski definition) is 1. The fourth-order valence-corrected chi connectivity index (χ4v) is 1.66. The summed E-state index contributed by atoms with van der Waals surface area (Å²) in [6.07, 6.45) is 1.77. The van der Waals surface area contributed by atoms with Gasteiger partial charge in [-0.25, -0.2) is 0 Å². The van der Waals surface area contributed by atoms with Crippen LogP contribution in [0.5, 0.6) is 11.5 Å². The molecule has 0 saturated heterocycles. The molecule has 0 saturated carbocycles. The van der Waals surface area contributed by atoms with E-state index in [1.807, 2.05) is 24.3 Å². The maximum absolute atomic E-state index is 6.02. The van der Waals surface area contributed by atoms with Gasteiger partial charge in [-0.3, -0.25) is 0 Å². The van der Waals surface area contributed by atoms with Crippen LogP contribution in [0.1, 0.15) is 26.7 Å². The van der Waals surface area contributed by atoms with Crippen LogP contribution < -0.4 is 15.2 Å². The lowest BCUT2D eigenvalue weighted by Gasteiger charge is -2.31. The molecule has 0 unspecified atom stereocenters. The highest BCUT2D eigenvalue weighted by Crippen LogP contribution is 2.31. The second kappa shape index (κ2) is 5.75. The van der Waals surface area contributed by atoms with Gasteiger partial charge in [0.15, 0.2) is 11.5 Å². The summed E-state index contributed by atoms with van der Waals surface area (Å²) in [7, 11) is 1.64. The minimum Gasteiger partial charge on any atom is -0.493 e. The van der Waals surface area contributed by atoms with Crippen molar-refractivity contribution >= 4 is 0 Å². The molecule has 0 radical (unpaired) electrons. The maximum atomic E-state index is 6.02. The van der Waals surface area contributed by atoms with E-state index in [4.69, 9.17) is 15.2 Å². The SMILES string of the molecule is CCC(CC)(CN)Oc1ccccc1OC. The zero-order valence-corrected chi connectivity index (χ0v) is 10.3. The Kier molecular flexibility index (Phi) is 4.62. The number of para-hydroxylation sites is 2. The van der Waals surface area contributed by atoms with Crippen LogP contribution in [0, 0.1) is 0 Å². The van der Waals surface area contributed by atoms with Crippen LogP contribution in [-0.2, 0) is 0 Å². The third kappa shape index (κ3) is 2.67. The highest BCUT2D eigenvalue weighted by atomic mass is 16.5. The van der Waals surface area contributed by atoms with E-state index in [-0.39, 0.29) is 5.60 Å². The zero-order valence-electron chi connectivity index (χ0n) is 10.3. The zero-order chi connectivity index (χ0) is 12.0. The Balaban J connectivity index is 2.93.